The summed E-state index contributed by atoms with van der Waals surface area (Å²) in [5, 5.41) is 1.13. The molecule has 0 radical (unpaired) electrons. The highest BCUT2D eigenvalue weighted by Gasteiger charge is 2.34. The summed E-state index contributed by atoms with van der Waals surface area (Å²) in [5.74, 6) is 2.02. The average molecular weight is 372 g/mol. The molecule has 1 fully saturated rings. The first-order valence-electron chi connectivity index (χ1n) is 9.97. The number of rotatable bonds is 3. The number of aliphatic imine (C=N–C) groups is 1. The maximum Gasteiger partial charge on any atom is 0.161 e. The molecule has 0 saturated heterocycles. The van der Waals surface area contributed by atoms with E-state index >= 15 is 0 Å². The van der Waals surface area contributed by atoms with E-state index in [1.165, 1.54) is 30.4 Å². The molecule has 2 atom stereocenters. The topological polar surface area (TPSA) is 43.7 Å². The minimum Gasteiger partial charge on any atom is -0.493 e. The van der Waals surface area contributed by atoms with E-state index in [1.54, 1.807) is 14.2 Å². The smallest absolute Gasteiger partial charge is 0.161 e. The first-order chi connectivity index (χ1) is 13.8. The molecule has 0 spiro atoms. The third kappa shape index (κ3) is 2.75. The van der Waals surface area contributed by atoms with Gasteiger partial charge in [-0.3, -0.25) is 9.98 Å². The fourth-order valence-electron chi connectivity index (χ4n) is 4.72. The normalized spacial score (nSPS) is 20.9. The molecular formula is C24H24N2O2. The number of pyridine rings is 1. The van der Waals surface area contributed by atoms with Crippen LogP contribution in [0.2, 0.25) is 0 Å². The minimum absolute atomic E-state index is 0.346. The summed E-state index contributed by atoms with van der Waals surface area (Å²) in [7, 11) is 3.39. The van der Waals surface area contributed by atoms with E-state index in [0.717, 1.165) is 40.1 Å². The Morgan fingerprint density at radius 3 is 2.61 bits per heavy atom. The van der Waals surface area contributed by atoms with Gasteiger partial charge in [-0.1, -0.05) is 25.0 Å². The first kappa shape index (κ1) is 17.2. The molecule has 3 aromatic rings. The number of hydrogen-bond donors (Lipinski definition) is 0. The Bertz CT molecular complexity index is 1070. The van der Waals surface area contributed by atoms with Gasteiger partial charge in [0.2, 0.25) is 0 Å². The summed E-state index contributed by atoms with van der Waals surface area (Å²) in [4.78, 5) is 9.70. The molecule has 0 N–H and O–H groups in total. The standard InChI is InChI=1S/C24H24N2O2/c1-27-22-13-18-17-7-3-4-8-21(17)26-24(19(18)14-23(22)28-2)16-9-10-20-15(12-16)6-5-11-25-20/h5-6,9-14,17,21H,3-4,7-8H2,1-2H3. The Balaban J connectivity index is 1.71. The number of ether oxygens (including phenoxy) is 2. The predicted molar refractivity (Wildman–Crippen MR) is 112 cm³/mol. The highest BCUT2D eigenvalue weighted by atomic mass is 16.5. The second kappa shape index (κ2) is 6.93. The molecule has 0 bridgehead atoms. The predicted octanol–water partition coefficient (Wildman–Crippen LogP) is 5.13. The molecular weight excluding hydrogens is 348 g/mol. The average Bonchev–Trinajstić information content (AvgIpc) is 2.77. The van der Waals surface area contributed by atoms with Crippen molar-refractivity contribution in [3.05, 3.63) is 65.4 Å². The second-order valence-corrected chi connectivity index (χ2v) is 7.64. The van der Waals surface area contributed by atoms with Crippen molar-refractivity contribution >= 4 is 16.6 Å². The number of hydrogen-bond acceptors (Lipinski definition) is 4. The number of fused-ring (bicyclic) bond motifs is 4. The summed E-state index contributed by atoms with van der Waals surface area (Å²) in [6.07, 6.45) is 6.69. The third-order valence-electron chi connectivity index (χ3n) is 6.11. The van der Waals surface area contributed by atoms with E-state index < -0.39 is 0 Å². The van der Waals surface area contributed by atoms with Gasteiger partial charge in [-0.2, -0.15) is 0 Å². The van der Waals surface area contributed by atoms with Crippen LogP contribution in [0, 0.1) is 0 Å². The van der Waals surface area contributed by atoms with Gasteiger partial charge < -0.3 is 9.47 Å². The lowest BCUT2D eigenvalue weighted by molar-refractivity contribution is 0.349. The largest absolute Gasteiger partial charge is 0.493 e. The van der Waals surface area contributed by atoms with E-state index in [9.17, 15) is 0 Å². The van der Waals surface area contributed by atoms with Gasteiger partial charge in [0, 0.05) is 28.6 Å². The van der Waals surface area contributed by atoms with Gasteiger partial charge >= 0.3 is 0 Å². The summed E-state index contributed by atoms with van der Waals surface area (Å²) >= 11 is 0. The lowest BCUT2D eigenvalue weighted by Gasteiger charge is -2.35. The zero-order valence-electron chi connectivity index (χ0n) is 16.3. The molecule has 4 heteroatoms. The minimum atomic E-state index is 0.346. The van der Waals surface area contributed by atoms with Gasteiger partial charge in [-0.25, -0.2) is 0 Å². The van der Waals surface area contributed by atoms with Gasteiger partial charge in [0.25, 0.3) is 0 Å². The van der Waals surface area contributed by atoms with Gasteiger partial charge in [-0.15, -0.1) is 0 Å². The second-order valence-electron chi connectivity index (χ2n) is 7.64. The van der Waals surface area contributed by atoms with Gasteiger partial charge in [0.15, 0.2) is 11.5 Å². The highest BCUT2D eigenvalue weighted by molar-refractivity contribution is 6.16. The summed E-state index contributed by atoms with van der Waals surface area (Å²) in [6.45, 7) is 0. The molecule has 4 nitrogen and oxygen atoms in total. The lowest BCUT2D eigenvalue weighted by atomic mass is 9.75. The quantitative estimate of drug-likeness (QED) is 0.640. The number of benzene rings is 2. The number of aromatic nitrogens is 1. The highest BCUT2D eigenvalue weighted by Crippen LogP contribution is 2.44. The van der Waals surface area contributed by atoms with Crippen LogP contribution >= 0.6 is 0 Å². The molecule has 2 unspecified atom stereocenters. The van der Waals surface area contributed by atoms with Crippen LogP contribution in [0.5, 0.6) is 11.5 Å². The molecule has 28 heavy (non-hydrogen) atoms. The van der Waals surface area contributed by atoms with Crippen LogP contribution in [0.1, 0.15) is 48.3 Å². The fourth-order valence-corrected chi connectivity index (χ4v) is 4.72. The summed E-state index contributed by atoms with van der Waals surface area (Å²) < 4.78 is 11.2. The maximum absolute atomic E-state index is 5.61. The van der Waals surface area contributed by atoms with Crippen molar-refractivity contribution in [3.8, 4) is 11.5 Å². The van der Waals surface area contributed by atoms with Crippen molar-refractivity contribution in [2.75, 3.05) is 14.2 Å². The van der Waals surface area contributed by atoms with E-state index in [0.29, 0.717) is 12.0 Å². The van der Waals surface area contributed by atoms with E-state index in [4.69, 9.17) is 14.5 Å². The molecule has 142 valence electrons. The Hall–Kier alpha value is -2.88. The zero-order valence-corrected chi connectivity index (χ0v) is 16.3. The van der Waals surface area contributed by atoms with Crippen LogP contribution in [0.4, 0.5) is 0 Å². The van der Waals surface area contributed by atoms with Crippen LogP contribution in [0.15, 0.2) is 53.7 Å². The molecule has 2 aromatic carbocycles. The molecule has 1 aliphatic carbocycles. The Kier molecular flexibility index (Phi) is 4.27. The monoisotopic (exact) mass is 372 g/mol. The maximum atomic E-state index is 5.61. The van der Waals surface area contributed by atoms with Crippen LogP contribution < -0.4 is 9.47 Å². The van der Waals surface area contributed by atoms with Gasteiger partial charge in [-0.05, 0) is 48.7 Å². The summed E-state index contributed by atoms with van der Waals surface area (Å²) in [6, 6.07) is 15.1. The Morgan fingerprint density at radius 2 is 1.75 bits per heavy atom. The zero-order chi connectivity index (χ0) is 19.1. The van der Waals surface area contributed by atoms with Crippen molar-refractivity contribution in [2.45, 2.75) is 37.6 Å². The Labute approximate surface area is 165 Å². The van der Waals surface area contributed by atoms with Gasteiger partial charge in [0.05, 0.1) is 31.5 Å². The molecule has 1 aliphatic heterocycles. The van der Waals surface area contributed by atoms with Crippen molar-refractivity contribution in [1.82, 2.24) is 4.98 Å². The number of nitrogens with zero attached hydrogens (tertiary/aromatic N) is 2. The van der Waals surface area contributed by atoms with Crippen LogP contribution in [0.25, 0.3) is 10.9 Å². The first-order valence-corrected chi connectivity index (χ1v) is 9.97. The van der Waals surface area contributed by atoms with E-state index in [-0.39, 0.29) is 0 Å². The van der Waals surface area contributed by atoms with E-state index in [1.807, 2.05) is 12.3 Å². The lowest BCUT2D eigenvalue weighted by Crippen LogP contribution is -2.29. The van der Waals surface area contributed by atoms with Crippen molar-refractivity contribution in [1.29, 1.82) is 0 Å². The SMILES string of the molecule is COc1cc2c(cc1OC)C1CCCCC1N=C2c1ccc2ncccc2c1. The van der Waals surface area contributed by atoms with E-state index in [2.05, 4.69) is 41.4 Å². The fraction of sp³-hybridized carbons (Fsp3) is 0.333. The van der Waals surface area contributed by atoms with Crippen LogP contribution in [-0.4, -0.2) is 31.0 Å². The molecule has 5 rings (SSSR count). The van der Waals surface area contributed by atoms with Crippen LogP contribution in [0.3, 0.4) is 0 Å². The van der Waals surface area contributed by atoms with Gasteiger partial charge in [0.1, 0.15) is 0 Å². The van der Waals surface area contributed by atoms with Crippen molar-refractivity contribution in [3.63, 3.8) is 0 Å². The number of methoxy groups -OCH3 is 2. The van der Waals surface area contributed by atoms with Crippen molar-refractivity contribution in [2.24, 2.45) is 4.99 Å². The van der Waals surface area contributed by atoms with Crippen LogP contribution in [-0.2, 0) is 0 Å². The third-order valence-corrected chi connectivity index (χ3v) is 6.11. The van der Waals surface area contributed by atoms with Crippen molar-refractivity contribution < 1.29 is 9.47 Å². The Morgan fingerprint density at radius 1 is 0.929 bits per heavy atom. The molecule has 1 saturated carbocycles. The molecule has 2 aliphatic rings. The molecule has 2 heterocycles. The molecule has 1 aromatic heterocycles. The summed E-state index contributed by atoms with van der Waals surface area (Å²) in [5.41, 5.74) is 5.72. The molecule has 0 amide bonds.